The molecule has 4 saturated carbocycles. The number of hydrogen-bond acceptors (Lipinski definition) is 2. The second-order valence-electron chi connectivity index (χ2n) is 13.1. The molecule has 0 aromatic heterocycles. The van der Waals surface area contributed by atoms with Crippen LogP contribution in [0.2, 0.25) is 0 Å². The Morgan fingerprint density at radius 1 is 1.00 bits per heavy atom. The third-order valence-electron chi connectivity index (χ3n) is 11.5. The highest BCUT2D eigenvalue weighted by molar-refractivity contribution is 5.25. The van der Waals surface area contributed by atoms with Gasteiger partial charge in [-0.2, -0.15) is 5.26 Å². The maximum absolute atomic E-state index is 9.56. The molecule has 2 heteroatoms. The Labute approximate surface area is 185 Å². The molecule has 0 N–H and O–H groups in total. The highest BCUT2D eigenvalue weighted by Crippen LogP contribution is 2.74. The molecular weight excluding hydrogens is 366 g/mol. The fraction of sp³-hybridized carbons (Fsp3) is 0.964. The third-order valence-corrected chi connectivity index (χ3v) is 11.5. The first kappa shape index (κ1) is 21.3. The average molecular weight is 412 g/mol. The first-order valence-electron chi connectivity index (χ1n) is 13.3. The lowest BCUT2D eigenvalue weighted by molar-refractivity contribution is -0.104. The highest BCUT2D eigenvalue weighted by atomic mass is 16.6. The van der Waals surface area contributed by atoms with Gasteiger partial charge < -0.3 is 4.74 Å². The SMILES string of the molecule is CC(C)CCC[C@@H](C)[C@@H]1CC[C@@H]2[C@H]3C[C@@H]4O[C@@]45C[C@@H](C#N)CC[C@]5(C)[C@@H]3CC[C@]21C. The summed E-state index contributed by atoms with van der Waals surface area (Å²) in [4.78, 5) is 0. The number of epoxide rings is 1. The molecule has 1 aliphatic heterocycles. The molecule has 4 aliphatic carbocycles. The summed E-state index contributed by atoms with van der Waals surface area (Å²) < 4.78 is 6.58. The van der Waals surface area contributed by atoms with Gasteiger partial charge in [0.05, 0.1) is 12.2 Å². The summed E-state index contributed by atoms with van der Waals surface area (Å²) in [7, 11) is 0. The fourth-order valence-electron chi connectivity index (χ4n) is 9.82. The summed E-state index contributed by atoms with van der Waals surface area (Å²) in [5, 5.41) is 9.56. The van der Waals surface area contributed by atoms with Crippen LogP contribution in [-0.4, -0.2) is 11.7 Å². The zero-order valence-corrected chi connectivity index (χ0v) is 20.3. The Kier molecular flexibility index (Phi) is 5.13. The Balaban J connectivity index is 1.33. The maximum atomic E-state index is 9.56. The molecule has 5 aliphatic rings. The molecule has 0 aromatic rings. The smallest absolute Gasteiger partial charge is 0.102 e. The van der Waals surface area contributed by atoms with Crippen LogP contribution in [0.25, 0.3) is 0 Å². The summed E-state index contributed by atoms with van der Waals surface area (Å²) in [5.74, 6) is 5.53. The molecule has 0 amide bonds. The molecule has 10 atom stereocenters. The lowest BCUT2D eigenvalue weighted by atomic mass is 9.44. The third kappa shape index (κ3) is 2.89. The van der Waals surface area contributed by atoms with Crippen molar-refractivity contribution in [3.63, 3.8) is 0 Å². The van der Waals surface area contributed by atoms with E-state index in [1.807, 2.05) is 0 Å². The monoisotopic (exact) mass is 411 g/mol. The van der Waals surface area contributed by atoms with Crippen molar-refractivity contribution in [1.82, 2.24) is 0 Å². The summed E-state index contributed by atoms with van der Waals surface area (Å²) in [5.41, 5.74) is 0.965. The summed E-state index contributed by atoms with van der Waals surface area (Å²) in [6.07, 6.45) is 15.1. The van der Waals surface area contributed by atoms with Crippen molar-refractivity contribution in [1.29, 1.82) is 5.26 Å². The average Bonchev–Trinajstić information content (AvgIpc) is 3.28. The van der Waals surface area contributed by atoms with Gasteiger partial charge >= 0.3 is 0 Å². The predicted octanol–water partition coefficient (Wildman–Crippen LogP) is 7.38. The van der Waals surface area contributed by atoms with E-state index in [0.29, 0.717) is 16.9 Å². The number of hydrogen-bond donors (Lipinski definition) is 0. The van der Waals surface area contributed by atoms with E-state index >= 15 is 0 Å². The van der Waals surface area contributed by atoms with Crippen molar-refractivity contribution in [2.75, 3.05) is 0 Å². The number of nitriles is 1. The van der Waals surface area contributed by atoms with Crippen molar-refractivity contribution >= 4 is 0 Å². The van der Waals surface area contributed by atoms with Crippen LogP contribution in [0, 0.1) is 63.6 Å². The Morgan fingerprint density at radius 3 is 2.53 bits per heavy atom. The molecule has 2 nitrogen and oxygen atoms in total. The Bertz CT molecular complexity index is 710. The van der Waals surface area contributed by atoms with Gasteiger partial charge in [-0.15, -0.1) is 0 Å². The molecule has 0 bridgehead atoms. The minimum atomic E-state index is 0.0721. The molecule has 0 radical (unpaired) electrons. The number of fused-ring (bicyclic) bond motifs is 4. The van der Waals surface area contributed by atoms with Crippen LogP contribution in [0.1, 0.15) is 105 Å². The first-order chi connectivity index (χ1) is 14.2. The van der Waals surface area contributed by atoms with Gasteiger partial charge in [-0.1, -0.05) is 53.9 Å². The zero-order chi connectivity index (χ0) is 21.3. The molecule has 5 fully saturated rings. The van der Waals surface area contributed by atoms with Gasteiger partial charge in [0.1, 0.15) is 5.60 Å². The van der Waals surface area contributed by atoms with E-state index in [1.165, 1.54) is 57.8 Å². The molecule has 30 heavy (non-hydrogen) atoms. The van der Waals surface area contributed by atoms with Gasteiger partial charge in [-0.25, -0.2) is 0 Å². The van der Waals surface area contributed by atoms with Crippen molar-refractivity contribution in [3.05, 3.63) is 0 Å². The van der Waals surface area contributed by atoms with Crippen LogP contribution in [0.5, 0.6) is 0 Å². The molecule has 1 spiro atoms. The zero-order valence-electron chi connectivity index (χ0n) is 20.3. The van der Waals surface area contributed by atoms with Gasteiger partial charge in [-0.05, 0) is 92.3 Å². The topological polar surface area (TPSA) is 36.3 Å². The van der Waals surface area contributed by atoms with Gasteiger partial charge in [0.15, 0.2) is 0 Å². The molecule has 168 valence electrons. The number of nitrogens with zero attached hydrogens (tertiary/aromatic N) is 1. The van der Waals surface area contributed by atoms with E-state index in [2.05, 4.69) is 40.7 Å². The molecule has 1 saturated heterocycles. The first-order valence-corrected chi connectivity index (χ1v) is 13.3. The summed E-state index contributed by atoms with van der Waals surface area (Å²) >= 11 is 0. The molecular formula is C28H45NO. The summed E-state index contributed by atoms with van der Waals surface area (Å²) in [6, 6.07) is 2.58. The van der Waals surface area contributed by atoms with Gasteiger partial charge in [-0.3, -0.25) is 0 Å². The fourth-order valence-corrected chi connectivity index (χ4v) is 9.82. The van der Waals surface area contributed by atoms with Crippen LogP contribution >= 0.6 is 0 Å². The van der Waals surface area contributed by atoms with E-state index < -0.39 is 0 Å². The molecule has 5 rings (SSSR count). The van der Waals surface area contributed by atoms with Gasteiger partial charge in [0.25, 0.3) is 0 Å². The lowest BCUT2D eigenvalue weighted by Crippen LogP contribution is -2.58. The van der Waals surface area contributed by atoms with E-state index in [9.17, 15) is 5.26 Å². The molecule has 0 aromatic carbocycles. The van der Waals surface area contributed by atoms with Crippen molar-refractivity contribution in [3.8, 4) is 6.07 Å². The summed E-state index contributed by atoms with van der Waals surface area (Å²) in [6.45, 7) is 12.6. The second-order valence-corrected chi connectivity index (χ2v) is 13.1. The second kappa shape index (κ2) is 7.23. The Morgan fingerprint density at radius 2 is 1.80 bits per heavy atom. The van der Waals surface area contributed by atoms with Crippen LogP contribution in [-0.2, 0) is 4.74 Å². The van der Waals surface area contributed by atoms with Crippen LogP contribution in [0.4, 0.5) is 0 Å². The van der Waals surface area contributed by atoms with E-state index in [4.69, 9.17) is 4.74 Å². The van der Waals surface area contributed by atoms with Crippen LogP contribution < -0.4 is 0 Å². The van der Waals surface area contributed by atoms with Crippen molar-refractivity contribution in [2.24, 2.45) is 52.3 Å². The minimum absolute atomic E-state index is 0.0721. The minimum Gasteiger partial charge on any atom is -0.365 e. The van der Waals surface area contributed by atoms with Gasteiger partial charge in [0, 0.05) is 11.3 Å². The lowest BCUT2D eigenvalue weighted by Gasteiger charge is -2.59. The van der Waals surface area contributed by atoms with Crippen LogP contribution in [0.3, 0.4) is 0 Å². The van der Waals surface area contributed by atoms with Crippen molar-refractivity contribution < 1.29 is 4.74 Å². The normalized spacial score (nSPS) is 52.6. The number of ether oxygens (including phenoxy) is 1. The van der Waals surface area contributed by atoms with Crippen LogP contribution in [0.15, 0.2) is 0 Å². The predicted molar refractivity (Wildman–Crippen MR) is 122 cm³/mol. The standard InChI is InChI=1S/C28H45NO/c1-18(2)7-6-8-19(3)22-9-10-23-21-15-25-28(30-25)16-20(17-29)11-14-27(28,5)24(21)12-13-26(22,23)4/h18-25H,6-16H2,1-5H3/t19-,20+,21-,22+,23-,24-,25+,26+,27-,28+/m1/s1. The largest absolute Gasteiger partial charge is 0.365 e. The van der Waals surface area contributed by atoms with E-state index in [-0.39, 0.29) is 11.5 Å². The quantitative estimate of drug-likeness (QED) is 0.442. The van der Waals surface area contributed by atoms with Gasteiger partial charge in [0.2, 0.25) is 0 Å². The van der Waals surface area contributed by atoms with E-state index in [1.54, 1.807) is 0 Å². The van der Waals surface area contributed by atoms with E-state index in [0.717, 1.165) is 48.3 Å². The van der Waals surface area contributed by atoms with Crippen molar-refractivity contribution in [2.45, 2.75) is 117 Å². The molecule has 1 heterocycles. The maximum Gasteiger partial charge on any atom is 0.102 e. The molecule has 0 unspecified atom stereocenters. The Hall–Kier alpha value is -0.550. The highest BCUT2D eigenvalue weighted by Gasteiger charge is 2.76. The number of rotatable bonds is 5.